The van der Waals surface area contributed by atoms with Gasteiger partial charge in [-0.1, -0.05) is 29.8 Å². The molecule has 2 rings (SSSR count). The molecule has 0 saturated heterocycles. The first-order valence-electron chi connectivity index (χ1n) is 5.96. The Morgan fingerprint density at radius 2 is 1.90 bits per heavy atom. The number of hydrogen-bond acceptors (Lipinski definition) is 4. The van der Waals surface area contributed by atoms with E-state index in [9.17, 15) is 0 Å². The largest absolute Gasteiger partial charge is 0.491 e. The van der Waals surface area contributed by atoms with Gasteiger partial charge in [-0.2, -0.15) is 5.26 Å². The fraction of sp³-hybridized carbons (Fsp3) is 0.133. The third-order valence-electron chi connectivity index (χ3n) is 2.39. The van der Waals surface area contributed by atoms with Gasteiger partial charge in [0.1, 0.15) is 22.6 Å². The molecule has 0 aliphatic carbocycles. The molecule has 5 heteroatoms. The Morgan fingerprint density at radius 3 is 2.60 bits per heavy atom. The van der Waals surface area contributed by atoms with Crippen molar-refractivity contribution in [3.63, 3.8) is 0 Å². The zero-order chi connectivity index (χ0) is 14.2. The number of nitriles is 1. The van der Waals surface area contributed by atoms with E-state index >= 15 is 0 Å². The van der Waals surface area contributed by atoms with Gasteiger partial charge in [0, 0.05) is 11.8 Å². The molecule has 0 spiro atoms. The van der Waals surface area contributed by atoms with Gasteiger partial charge in [-0.25, -0.2) is 0 Å². The van der Waals surface area contributed by atoms with E-state index in [1.54, 1.807) is 18.2 Å². The zero-order valence-corrected chi connectivity index (χ0v) is 12.2. The van der Waals surface area contributed by atoms with E-state index in [4.69, 9.17) is 26.3 Å². The number of halogens is 1. The molecular formula is C15H12ClNO2S. The monoisotopic (exact) mass is 305 g/mol. The maximum absolute atomic E-state index is 8.41. The second-order valence-corrected chi connectivity index (χ2v) is 5.08. The SMILES string of the molecule is N#CSCCOc1ccc(Oc2ccccc2)cc1Cl. The van der Waals surface area contributed by atoms with Crippen molar-refractivity contribution in [1.82, 2.24) is 0 Å². The summed E-state index contributed by atoms with van der Waals surface area (Å²) in [6.45, 7) is 0.441. The highest BCUT2D eigenvalue weighted by atomic mass is 35.5. The molecule has 2 aromatic rings. The van der Waals surface area contributed by atoms with Crippen LogP contribution in [0.4, 0.5) is 0 Å². The molecule has 0 atom stereocenters. The molecule has 0 aromatic heterocycles. The number of rotatable bonds is 6. The summed E-state index contributed by atoms with van der Waals surface area (Å²) >= 11 is 7.28. The van der Waals surface area contributed by atoms with Gasteiger partial charge in [-0.05, 0) is 36.0 Å². The van der Waals surface area contributed by atoms with Crippen molar-refractivity contribution in [3.8, 4) is 22.6 Å². The average molecular weight is 306 g/mol. The smallest absolute Gasteiger partial charge is 0.138 e. The molecule has 3 nitrogen and oxygen atoms in total. The molecule has 0 amide bonds. The standard InChI is InChI=1S/C15H12ClNO2S/c16-14-10-13(19-12-4-2-1-3-5-12)6-7-15(14)18-8-9-20-11-17/h1-7,10H,8-9H2. The van der Waals surface area contributed by atoms with Gasteiger partial charge in [-0.3, -0.25) is 0 Å². The molecule has 0 heterocycles. The lowest BCUT2D eigenvalue weighted by Gasteiger charge is -2.09. The topological polar surface area (TPSA) is 42.2 Å². The number of thioether (sulfide) groups is 1. The average Bonchev–Trinajstić information content (AvgIpc) is 2.46. The lowest BCUT2D eigenvalue weighted by Crippen LogP contribution is -2.00. The predicted octanol–water partition coefficient (Wildman–Crippen LogP) is 4.73. The number of nitrogens with zero attached hydrogens (tertiary/aromatic N) is 1. The van der Waals surface area contributed by atoms with Crippen molar-refractivity contribution in [1.29, 1.82) is 5.26 Å². The maximum atomic E-state index is 8.41. The van der Waals surface area contributed by atoms with Crippen LogP contribution in [0.25, 0.3) is 0 Å². The maximum Gasteiger partial charge on any atom is 0.138 e. The van der Waals surface area contributed by atoms with Crippen molar-refractivity contribution < 1.29 is 9.47 Å². The van der Waals surface area contributed by atoms with Crippen molar-refractivity contribution in [3.05, 3.63) is 53.6 Å². The molecule has 20 heavy (non-hydrogen) atoms. The molecule has 0 radical (unpaired) electrons. The van der Waals surface area contributed by atoms with E-state index in [1.165, 1.54) is 0 Å². The van der Waals surface area contributed by atoms with Crippen molar-refractivity contribution >= 4 is 23.4 Å². The van der Waals surface area contributed by atoms with Gasteiger partial charge in [0.2, 0.25) is 0 Å². The Bertz CT molecular complexity index is 599. The quantitative estimate of drug-likeness (QED) is 0.572. The van der Waals surface area contributed by atoms with E-state index in [1.807, 2.05) is 35.7 Å². The van der Waals surface area contributed by atoms with E-state index in [-0.39, 0.29) is 0 Å². The first-order valence-corrected chi connectivity index (χ1v) is 7.32. The summed E-state index contributed by atoms with van der Waals surface area (Å²) in [5.74, 6) is 2.60. The molecule has 0 N–H and O–H groups in total. The van der Waals surface area contributed by atoms with E-state index in [2.05, 4.69) is 0 Å². The highest BCUT2D eigenvalue weighted by molar-refractivity contribution is 8.03. The molecule has 0 saturated carbocycles. The Labute approximate surface area is 127 Å². The van der Waals surface area contributed by atoms with Crippen molar-refractivity contribution in [2.24, 2.45) is 0 Å². The molecular weight excluding hydrogens is 294 g/mol. The summed E-state index contributed by atoms with van der Waals surface area (Å²) in [4.78, 5) is 0. The molecule has 2 aromatic carbocycles. The minimum atomic E-state index is 0.441. The molecule has 0 unspecified atom stereocenters. The molecule has 102 valence electrons. The van der Waals surface area contributed by atoms with Crippen LogP contribution in [0.1, 0.15) is 0 Å². The zero-order valence-electron chi connectivity index (χ0n) is 10.6. The fourth-order valence-corrected chi connectivity index (χ4v) is 2.01. The molecule has 0 bridgehead atoms. The van der Waals surface area contributed by atoms with Crippen molar-refractivity contribution in [2.45, 2.75) is 0 Å². The van der Waals surface area contributed by atoms with Gasteiger partial charge in [0.25, 0.3) is 0 Å². The molecule has 0 aliphatic rings. The number of benzene rings is 2. The number of para-hydroxylation sites is 1. The van der Waals surface area contributed by atoms with Gasteiger partial charge in [-0.15, -0.1) is 0 Å². The second-order valence-electron chi connectivity index (χ2n) is 3.80. The molecule has 0 aliphatic heterocycles. The minimum absolute atomic E-state index is 0.441. The van der Waals surface area contributed by atoms with Crippen LogP contribution >= 0.6 is 23.4 Å². The summed E-state index contributed by atoms with van der Waals surface area (Å²) in [5, 5.41) is 10.9. The van der Waals surface area contributed by atoms with Crippen LogP contribution < -0.4 is 9.47 Å². The van der Waals surface area contributed by atoms with Crippen LogP contribution in [0.2, 0.25) is 5.02 Å². The normalized spacial score (nSPS) is 9.80. The van der Waals surface area contributed by atoms with E-state index < -0.39 is 0 Å². The summed E-state index contributed by atoms with van der Waals surface area (Å²) in [7, 11) is 0. The highest BCUT2D eigenvalue weighted by Crippen LogP contribution is 2.31. The van der Waals surface area contributed by atoms with Gasteiger partial charge in [0.05, 0.1) is 11.6 Å². The van der Waals surface area contributed by atoms with Crippen LogP contribution in [0, 0.1) is 10.7 Å². The number of thiocyanates is 1. The number of hydrogen-bond donors (Lipinski definition) is 0. The van der Waals surface area contributed by atoms with Gasteiger partial charge < -0.3 is 9.47 Å². The first-order chi connectivity index (χ1) is 9.79. The first kappa shape index (κ1) is 14.6. The minimum Gasteiger partial charge on any atom is -0.491 e. The van der Waals surface area contributed by atoms with E-state index in [0.29, 0.717) is 28.9 Å². The summed E-state index contributed by atoms with van der Waals surface area (Å²) in [5.41, 5.74) is 0. The van der Waals surface area contributed by atoms with Crippen LogP contribution in [-0.2, 0) is 0 Å². The Hall–Kier alpha value is -1.83. The lowest BCUT2D eigenvalue weighted by atomic mass is 10.3. The summed E-state index contributed by atoms with van der Waals surface area (Å²) in [6.07, 6.45) is 0. The van der Waals surface area contributed by atoms with Gasteiger partial charge >= 0.3 is 0 Å². The highest BCUT2D eigenvalue weighted by Gasteiger charge is 2.05. The van der Waals surface area contributed by atoms with Crippen LogP contribution in [0.5, 0.6) is 17.2 Å². The summed E-state index contributed by atoms with van der Waals surface area (Å²) in [6, 6.07) is 14.7. The lowest BCUT2D eigenvalue weighted by molar-refractivity contribution is 0.343. The summed E-state index contributed by atoms with van der Waals surface area (Å²) < 4.78 is 11.2. The third-order valence-corrected chi connectivity index (χ3v) is 3.19. The Morgan fingerprint density at radius 1 is 1.10 bits per heavy atom. The number of ether oxygens (including phenoxy) is 2. The van der Waals surface area contributed by atoms with Crippen LogP contribution in [0.3, 0.4) is 0 Å². The van der Waals surface area contributed by atoms with Gasteiger partial charge in [0.15, 0.2) is 0 Å². The third kappa shape index (κ3) is 4.37. The second kappa shape index (κ2) is 7.68. The Kier molecular flexibility index (Phi) is 5.60. The van der Waals surface area contributed by atoms with Crippen LogP contribution in [0.15, 0.2) is 48.5 Å². The molecule has 0 fully saturated rings. The Balaban J connectivity index is 1.97. The predicted molar refractivity (Wildman–Crippen MR) is 81.5 cm³/mol. The van der Waals surface area contributed by atoms with E-state index in [0.717, 1.165) is 17.5 Å². The van der Waals surface area contributed by atoms with Crippen LogP contribution in [-0.4, -0.2) is 12.4 Å². The fourth-order valence-electron chi connectivity index (χ4n) is 1.53. The van der Waals surface area contributed by atoms with Crippen molar-refractivity contribution in [2.75, 3.05) is 12.4 Å².